The van der Waals surface area contributed by atoms with Crippen molar-refractivity contribution in [1.29, 1.82) is 0 Å². The van der Waals surface area contributed by atoms with E-state index in [2.05, 4.69) is 24.8 Å². The van der Waals surface area contributed by atoms with E-state index in [1.807, 2.05) is 12.1 Å². The van der Waals surface area contributed by atoms with Gasteiger partial charge in [0.1, 0.15) is 5.75 Å². The highest BCUT2D eigenvalue weighted by Gasteiger charge is 2.38. The van der Waals surface area contributed by atoms with Crippen LogP contribution in [0.4, 0.5) is 0 Å². The van der Waals surface area contributed by atoms with Crippen LogP contribution >= 0.6 is 0 Å². The maximum Gasteiger partial charge on any atom is 0.119 e. The Labute approximate surface area is 120 Å². The normalized spacial score (nSPS) is 34.0. The highest BCUT2D eigenvalue weighted by Crippen LogP contribution is 2.37. The number of aliphatic hydroxyl groups is 1. The fraction of sp³-hybridized carbons (Fsp3) is 0.625. The Kier molecular flexibility index (Phi) is 3.71. The predicted molar refractivity (Wildman–Crippen MR) is 77.0 cm³/mol. The Bertz CT molecular complexity index is 481. The van der Waals surface area contributed by atoms with E-state index in [0.29, 0.717) is 0 Å². The van der Waals surface area contributed by atoms with E-state index >= 15 is 0 Å². The van der Waals surface area contributed by atoms with E-state index in [-0.39, 0.29) is 18.2 Å². The molecule has 1 aliphatic carbocycles. The average Bonchev–Trinajstić information content (AvgIpc) is 2.74. The minimum Gasteiger partial charge on any atom is -0.497 e. The van der Waals surface area contributed by atoms with E-state index < -0.39 is 6.10 Å². The number of aliphatic hydroxyl groups excluding tert-OH is 1. The van der Waals surface area contributed by atoms with Crippen molar-refractivity contribution < 1.29 is 14.6 Å². The lowest BCUT2D eigenvalue weighted by atomic mass is 10.1. The number of morpholine rings is 1. The molecule has 1 aromatic rings. The number of hydrogen-bond donors (Lipinski definition) is 1. The van der Waals surface area contributed by atoms with Gasteiger partial charge in [-0.15, -0.1) is 0 Å². The highest BCUT2D eigenvalue weighted by molar-refractivity contribution is 5.41. The Morgan fingerprint density at radius 3 is 2.60 bits per heavy atom. The zero-order valence-electron chi connectivity index (χ0n) is 12.4. The van der Waals surface area contributed by atoms with Gasteiger partial charge in [-0.25, -0.2) is 0 Å². The Balaban J connectivity index is 1.80. The average molecular weight is 277 g/mol. The third kappa shape index (κ3) is 2.43. The fourth-order valence-electron chi connectivity index (χ4n) is 3.52. The van der Waals surface area contributed by atoms with Gasteiger partial charge in [0.25, 0.3) is 0 Å². The fourth-order valence-corrected chi connectivity index (χ4v) is 3.52. The molecule has 1 fully saturated rings. The van der Waals surface area contributed by atoms with Crippen molar-refractivity contribution in [1.82, 2.24) is 4.90 Å². The van der Waals surface area contributed by atoms with Crippen molar-refractivity contribution in [2.75, 3.05) is 20.2 Å². The quantitative estimate of drug-likeness (QED) is 0.894. The molecule has 1 aliphatic heterocycles. The van der Waals surface area contributed by atoms with Gasteiger partial charge in [0, 0.05) is 19.1 Å². The van der Waals surface area contributed by atoms with Crippen molar-refractivity contribution in [3.8, 4) is 5.75 Å². The first-order chi connectivity index (χ1) is 9.58. The molecule has 0 spiro atoms. The second-order valence-electron chi connectivity index (χ2n) is 5.99. The molecule has 1 N–H and O–H groups in total. The SMILES string of the molecule is COc1ccc2c(c1)C(O)C(N1C[C@@H](C)O[C@@H](C)C1)C2. The van der Waals surface area contributed by atoms with Crippen LogP contribution in [0.5, 0.6) is 5.75 Å². The monoisotopic (exact) mass is 277 g/mol. The van der Waals surface area contributed by atoms with Crippen molar-refractivity contribution in [3.05, 3.63) is 29.3 Å². The first-order valence-corrected chi connectivity index (χ1v) is 7.33. The number of methoxy groups -OCH3 is 1. The van der Waals surface area contributed by atoms with E-state index in [0.717, 1.165) is 30.8 Å². The molecule has 20 heavy (non-hydrogen) atoms. The number of hydrogen-bond acceptors (Lipinski definition) is 4. The van der Waals surface area contributed by atoms with Crippen molar-refractivity contribution >= 4 is 0 Å². The number of fused-ring (bicyclic) bond motifs is 1. The maximum absolute atomic E-state index is 10.6. The molecule has 2 unspecified atom stereocenters. The van der Waals surface area contributed by atoms with E-state index in [4.69, 9.17) is 9.47 Å². The van der Waals surface area contributed by atoms with Crippen LogP contribution in [0, 0.1) is 0 Å². The van der Waals surface area contributed by atoms with E-state index in [9.17, 15) is 5.11 Å². The molecular formula is C16H23NO3. The van der Waals surface area contributed by atoms with Gasteiger partial charge < -0.3 is 14.6 Å². The summed E-state index contributed by atoms with van der Waals surface area (Å²) in [6.45, 7) is 5.97. The van der Waals surface area contributed by atoms with Crippen LogP contribution in [0.2, 0.25) is 0 Å². The van der Waals surface area contributed by atoms with Crippen LogP contribution in [0.25, 0.3) is 0 Å². The minimum atomic E-state index is -0.433. The van der Waals surface area contributed by atoms with Crippen LogP contribution in [0.3, 0.4) is 0 Å². The van der Waals surface area contributed by atoms with Crippen LogP contribution in [-0.4, -0.2) is 48.5 Å². The third-order valence-corrected chi connectivity index (χ3v) is 4.38. The van der Waals surface area contributed by atoms with E-state index in [1.165, 1.54) is 5.56 Å². The van der Waals surface area contributed by atoms with Crippen molar-refractivity contribution in [2.45, 2.75) is 44.6 Å². The smallest absolute Gasteiger partial charge is 0.119 e. The van der Waals surface area contributed by atoms with Gasteiger partial charge in [-0.1, -0.05) is 6.07 Å². The Morgan fingerprint density at radius 2 is 1.95 bits per heavy atom. The molecular weight excluding hydrogens is 254 g/mol. The summed E-state index contributed by atoms with van der Waals surface area (Å²) < 4.78 is 11.0. The molecule has 4 nitrogen and oxygen atoms in total. The standard InChI is InChI=1S/C16H23NO3/c1-10-8-17(9-11(2)20-10)15-6-12-4-5-13(19-3)7-14(12)16(15)18/h4-5,7,10-11,15-16,18H,6,8-9H2,1-3H3/t10-,11+,15?,16?. The summed E-state index contributed by atoms with van der Waals surface area (Å²) in [5, 5.41) is 10.6. The van der Waals surface area contributed by atoms with Crippen LogP contribution < -0.4 is 4.74 Å². The van der Waals surface area contributed by atoms with Gasteiger partial charge in [0.2, 0.25) is 0 Å². The number of nitrogens with zero attached hydrogens (tertiary/aromatic N) is 1. The summed E-state index contributed by atoms with van der Waals surface area (Å²) in [6, 6.07) is 6.17. The third-order valence-electron chi connectivity index (χ3n) is 4.38. The topological polar surface area (TPSA) is 41.9 Å². The molecule has 1 heterocycles. The molecule has 4 heteroatoms. The number of rotatable bonds is 2. The largest absolute Gasteiger partial charge is 0.497 e. The van der Waals surface area contributed by atoms with Gasteiger partial charge in [-0.2, -0.15) is 0 Å². The second-order valence-corrected chi connectivity index (χ2v) is 5.99. The number of benzene rings is 1. The first kappa shape index (κ1) is 13.9. The van der Waals surface area contributed by atoms with Gasteiger partial charge in [0.05, 0.1) is 25.4 Å². The summed E-state index contributed by atoms with van der Waals surface area (Å²) in [7, 11) is 1.66. The van der Waals surface area contributed by atoms with Gasteiger partial charge in [-0.05, 0) is 43.5 Å². The molecule has 0 saturated carbocycles. The number of ether oxygens (including phenoxy) is 2. The minimum absolute atomic E-state index is 0.158. The molecule has 110 valence electrons. The summed E-state index contributed by atoms with van der Waals surface area (Å²) in [6.07, 6.45) is 0.922. The van der Waals surface area contributed by atoms with Gasteiger partial charge in [-0.3, -0.25) is 4.90 Å². The van der Waals surface area contributed by atoms with E-state index in [1.54, 1.807) is 7.11 Å². The van der Waals surface area contributed by atoms with Crippen LogP contribution in [0.15, 0.2) is 18.2 Å². The van der Waals surface area contributed by atoms with Gasteiger partial charge in [0.15, 0.2) is 0 Å². The molecule has 0 aromatic heterocycles. The molecule has 0 radical (unpaired) electrons. The zero-order chi connectivity index (χ0) is 14.3. The maximum atomic E-state index is 10.6. The zero-order valence-corrected chi connectivity index (χ0v) is 12.4. The second kappa shape index (κ2) is 5.35. The molecule has 0 amide bonds. The molecule has 3 rings (SSSR count). The lowest BCUT2D eigenvalue weighted by Gasteiger charge is -2.40. The molecule has 1 aromatic carbocycles. The Morgan fingerprint density at radius 1 is 1.25 bits per heavy atom. The van der Waals surface area contributed by atoms with Crippen molar-refractivity contribution in [2.24, 2.45) is 0 Å². The molecule has 0 bridgehead atoms. The van der Waals surface area contributed by atoms with Gasteiger partial charge >= 0.3 is 0 Å². The Hall–Kier alpha value is -1.10. The predicted octanol–water partition coefficient (Wildman–Crippen LogP) is 1.76. The summed E-state index contributed by atoms with van der Waals surface area (Å²) >= 11 is 0. The molecule has 2 aliphatic rings. The summed E-state index contributed by atoms with van der Waals surface area (Å²) in [4.78, 5) is 2.37. The summed E-state index contributed by atoms with van der Waals surface area (Å²) in [5.41, 5.74) is 2.25. The lowest BCUT2D eigenvalue weighted by Crippen LogP contribution is -2.51. The molecule has 1 saturated heterocycles. The highest BCUT2D eigenvalue weighted by atomic mass is 16.5. The molecule has 4 atom stereocenters. The lowest BCUT2D eigenvalue weighted by molar-refractivity contribution is -0.0934. The van der Waals surface area contributed by atoms with Crippen LogP contribution in [0.1, 0.15) is 31.1 Å². The first-order valence-electron chi connectivity index (χ1n) is 7.33. The summed E-state index contributed by atoms with van der Waals surface area (Å²) in [5.74, 6) is 0.812. The van der Waals surface area contributed by atoms with Crippen molar-refractivity contribution in [3.63, 3.8) is 0 Å². The van der Waals surface area contributed by atoms with Crippen LogP contribution in [-0.2, 0) is 11.2 Å².